The molecular weight excluding hydrogens is 388 g/mol. The van der Waals surface area contributed by atoms with Crippen molar-refractivity contribution in [2.45, 2.75) is 12.8 Å². The smallest absolute Gasteiger partial charge is 0.227 e. The number of H-pyrrole nitrogens is 1. The number of hydrogen-bond acceptors (Lipinski definition) is 8. The maximum absolute atomic E-state index is 12.9. The Labute approximate surface area is 173 Å². The molecule has 0 bridgehead atoms. The van der Waals surface area contributed by atoms with E-state index in [0.717, 1.165) is 37.3 Å². The molecule has 4 rings (SSSR count). The largest absolute Gasteiger partial charge is 0.493 e. The average molecular weight is 412 g/mol. The highest BCUT2D eigenvalue weighted by atomic mass is 16.5. The summed E-state index contributed by atoms with van der Waals surface area (Å²) < 4.78 is 16.0. The van der Waals surface area contributed by atoms with Gasteiger partial charge in [-0.05, 0) is 12.8 Å². The Hall–Kier alpha value is -3.56. The highest BCUT2D eigenvalue weighted by Crippen LogP contribution is 2.40. The maximum atomic E-state index is 12.9. The first-order chi connectivity index (χ1) is 14.6. The van der Waals surface area contributed by atoms with Crippen molar-refractivity contribution in [1.29, 1.82) is 0 Å². The molecule has 1 aliphatic heterocycles. The van der Waals surface area contributed by atoms with Crippen LogP contribution in [-0.4, -0.2) is 60.3 Å². The molecule has 10 heteroatoms. The van der Waals surface area contributed by atoms with E-state index in [1.165, 1.54) is 6.33 Å². The Morgan fingerprint density at radius 2 is 1.77 bits per heavy atom. The monoisotopic (exact) mass is 412 g/mol. The Kier molecular flexibility index (Phi) is 5.55. The molecule has 1 aromatic carbocycles. The van der Waals surface area contributed by atoms with E-state index in [1.807, 2.05) is 0 Å². The Bertz CT molecular complexity index is 1020. The molecule has 10 nitrogen and oxygen atoms in total. The first-order valence-electron chi connectivity index (χ1n) is 9.64. The number of hydrogen-bond donors (Lipinski definition) is 2. The van der Waals surface area contributed by atoms with Crippen LogP contribution >= 0.6 is 0 Å². The number of nitrogens with one attached hydrogen (secondary N) is 2. The lowest BCUT2D eigenvalue weighted by Gasteiger charge is -2.32. The fourth-order valence-electron chi connectivity index (χ4n) is 3.74. The zero-order valence-corrected chi connectivity index (χ0v) is 17.1. The number of anilines is 2. The lowest BCUT2D eigenvalue weighted by Crippen LogP contribution is -2.38. The summed E-state index contributed by atoms with van der Waals surface area (Å²) in [6.07, 6.45) is 4.56. The minimum absolute atomic E-state index is 0.0294. The van der Waals surface area contributed by atoms with E-state index in [1.54, 1.807) is 39.8 Å². The van der Waals surface area contributed by atoms with Gasteiger partial charge in [0.15, 0.2) is 23.0 Å². The van der Waals surface area contributed by atoms with Crippen molar-refractivity contribution in [3.05, 3.63) is 24.8 Å². The van der Waals surface area contributed by atoms with Gasteiger partial charge in [-0.25, -0.2) is 15.0 Å². The summed E-state index contributed by atoms with van der Waals surface area (Å²) >= 11 is 0. The molecule has 3 heterocycles. The van der Waals surface area contributed by atoms with E-state index in [9.17, 15) is 4.79 Å². The van der Waals surface area contributed by atoms with Crippen LogP contribution in [0.25, 0.3) is 11.2 Å². The highest BCUT2D eigenvalue weighted by Gasteiger charge is 2.27. The van der Waals surface area contributed by atoms with Gasteiger partial charge in [0.1, 0.15) is 11.8 Å². The zero-order chi connectivity index (χ0) is 21.1. The second-order valence-electron chi connectivity index (χ2n) is 6.96. The molecule has 0 atom stereocenters. The zero-order valence-electron chi connectivity index (χ0n) is 17.1. The minimum atomic E-state index is -0.0977. The lowest BCUT2D eigenvalue weighted by molar-refractivity contribution is -0.120. The summed E-state index contributed by atoms with van der Waals surface area (Å²) in [4.78, 5) is 30.8. The van der Waals surface area contributed by atoms with Gasteiger partial charge < -0.3 is 29.4 Å². The van der Waals surface area contributed by atoms with Crippen LogP contribution in [0.2, 0.25) is 0 Å². The van der Waals surface area contributed by atoms with E-state index < -0.39 is 0 Å². The molecule has 30 heavy (non-hydrogen) atoms. The van der Waals surface area contributed by atoms with Gasteiger partial charge in [0.25, 0.3) is 0 Å². The molecule has 0 unspecified atom stereocenters. The number of fused-ring (bicyclic) bond motifs is 1. The van der Waals surface area contributed by atoms with Crippen LogP contribution in [0.5, 0.6) is 17.2 Å². The first-order valence-corrected chi connectivity index (χ1v) is 9.64. The van der Waals surface area contributed by atoms with E-state index >= 15 is 0 Å². The molecule has 3 aromatic rings. The Morgan fingerprint density at radius 3 is 2.40 bits per heavy atom. The molecule has 2 N–H and O–H groups in total. The molecule has 0 aliphatic carbocycles. The van der Waals surface area contributed by atoms with Gasteiger partial charge in [0.05, 0.1) is 27.7 Å². The summed E-state index contributed by atoms with van der Waals surface area (Å²) in [6, 6.07) is 3.45. The summed E-state index contributed by atoms with van der Waals surface area (Å²) in [5.74, 6) is 2.17. The molecule has 1 amide bonds. The van der Waals surface area contributed by atoms with Crippen molar-refractivity contribution in [1.82, 2.24) is 19.9 Å². The fraction of sp³-hybridized carbons (Fsp3) is 0.400. The van der Waals surface area contributed by atoms with Gasteiger partial charge in [0, 0.05) is 36.8 Å². The van der Waals surface area contributed by atoms with Crippen molar-refractivity contribution >= 4 is 28.6 Å². The van der Waals surface area contributed by atoms with Gasteiger partial charge in [0.2, 0.25) is 11.7 Å². The van der Waals surface area contributed by atoms with Crippen molar-refractivity contribution in [3.8, 4) is 17.2 Å². The maximum Gasteiger partial charge on any atom is 0.227 e. The molecule has 158 valence electrons. The number of carbonyl (C=O) groups is 1. The molecule has 2 aromatic heterocycles. The second kappa shape index (κ2) is 8.44. The Balaban J connectivity index is 1.43. The number of benzene rings is 1. The molecule has 0 saturated carbocycles. The number of methoxy groups -OCH3 is 3. The van der Waals surface area contributed by atoms with E-state index in [4.69, 9.17) is 14.2 Å². The van der Waals surface area contributed by atoms with Gasteiger partial charge in [-0.1, -0.05) is 0 Å². The van der Waals surface area contributed by atoms with Gasteiger partial charge in [-0.3, -0.25) is 4.79 Å². The third-order valence-electron chi connectivity index (χ3n) is 5.30. The van der Waals surface area contributed by atoms with Crippen molar-refractivity contribution in [2.75, 3.05) is 44.6 Å². The molecule has 1 saturated heterocycles. The number of ether oxygens (including phenoxy) is 3. The van der Waals surface area contributed by atoms with Crippen molar-refractivity contribution in [3.63, 3.8) is 0 Å². The summed E-state index contributed by atoms with van der Waals surface area (Å²) in [5.41, 5.74) is 2.06. The predicted octanol–water partition coefficient (Wildman–Crippen LogP) is 2.23. The standard InChI is InChI=1S/C20H24N6O4/c1-28-14-8-13(9-15(29-2)17(14)30-3)25-20(27)12-4-6-26(7-5-12)19-16-18(22-10-21-16)23-11-24-19/h8-12H,4-7H2,1-3H3,(H,25,27)(H,21,22,23,24). The Morgan fingerprint density at radius 1 is 1.07 bits per heavy atom. The highest BCUT2D eigenvalue weighted by molar-refractivity contribution is 5.93. The first kappa shape index (κ1) is 19.7. The summed E-state index contributed by atoms with van der Waals surface area (Å²) in [6.45, 7) is 1.44. The van der Waals surface area contributed by atoms with Crippen molar-refractivity contribution < 1.29 is 19.0 Å². The third-order valence-corrected chi connectivity index (χ3v) is 5.30. The lowest BCUT2D eigenvalue weighted by atomic mass is 9.95. The second-order valence-corrected chi connectivity index (χ2v) is 6.96. The van der Waals surface area contributed by atoms with Crippen molar-refractivity contribution in [2.24, 2.45) is 5.92 Å². The number of aromatic nitrogens is 4. The SMILES string of the molecule is COc1cc(NC(=O)C2CCN(c3ncnc4nc[nH]c34)CC2)cc(OC)c1OC. The van der Waals surface area contributed by atoms with Gasteiger partial charge in [-0.2, -0.15) is 0 Å². The summed E-state index contributed by atoms with van der Waals surface area (Å²) in [7, 11) is 4.63. The third kappa shape index (κ3) is 3.68. The summed E-state index contributed by atoms with van der Waals surface area (Å²) in [5, 5.41) is 2.98. The molecule has 0 radical (unpaired) electrons. The van der Waals surface area contributed by atoms with E-state index in [2.05, 4.69) is 30.2 Å². The number of rotatable bonds is 6. The number of carbonyl (C=O) groups excluding carboxylic acids is 1. The number of aromatic amines is 1. The quantitative estimate of drug-likeness (QED) is 0.633. The minimum Gasteiger partial charge on any atom is -0.493 e. The topological polar surface area (TPSA) is 114 Å². The van der Waals surface area contributed by atoms with Crippen LogP contribution in [0, 0.1) is 5.92 Å². The van der Waals surface area contributed by atoms with Crippen LogP contribution in [-0.2, 0) is 4.79 Å². The normalized spacial score (nSPS) is 14.6. The number of amides is 1. The number of piperidine rings is 1. The van der Waals surface area contributed by atoms with Crippen LogP contribution in [0.4, 0.5) is 11.5 Å². The molecular formula is C20H24N6O4. The molecule has 1 fully saturated rings. The predicted molar refractivity (Wildman–Crippen MR) is 111 cm³/mol. The van der Waals surface area contributed by atoms with Gasteiger partial charge in [-0.15, -0.1) is 0 Å². The van der Waals surface area contributed by atoms with E-state index in [-0.39, 0.29) is 11.8 Å². The van der Waals surface area contributed by atoms with Crippen LogP contribution in [0.3, 0.4) is 0 Å². The fourth-order valence-corrected chi connectivity index (χ4v) is 3.74. The number of nitrogens with zero attached hydrogens (tertiary/aromatic N) is 4. The van der Waals surface area contributed by atoms with Crippen LogP contribution < -0.4 is 24.4 Å². The number of imidazole rings is 1. The van der Waals surface area contributed by atoms with E-state index in [0.29, 0.717) is 28.6 Å². The van der Waals surface area contributed by atoms with Crippen LogP contribution in [0.15, 0.2) is 24.8 Å². The average Bonchev–Trinajstić information content (AvgIpc) is 3.27. The van der Waals surface area contributed by atoms with Crippen LogP contribution in [0.1, 0.15) is 12.8 Å². The molecule has 0 spiro atoms. The van der Waals surface area contributed by atoms with Gasteiger partial charge >= 0.3 is 0 Å². The molecule has 1 aliphatic rings.